The number of aryl methyl sites for hydroxylation is 2. The number of ether oxygens (including phenoxy) is 1. The molecule has 0 aromatic heterocycles. The van der Waals surface area contributed by atoms with Crippen molar-refractivity contribution in [1.29, 1.82) is 0 Å². The summed E-state index contributed by atoms with van der Waals surface area (Å²) in [7, 11) is 5.98. The lowest BCUT2D eigenvalue weighted by Crippen LogP contribution is -2.50. The molecule has 1 N–H and O–H groups in total. The van der Waals surface area contributed by atoms with Gasteiger partial charge in [0.1, 0.15) is 5.75 Å². The molecule has 0 aliphatic carbocycles. The van der Waals surface area contributed by atoms with Crippen LogP contribution in [0.3, 0.4) is 0 Å². The highest BCUT2D eigenvalue weighted by molar-refractivity contribution is 5.42. The van der Waals surface area contributed by atoms with Crippen LogP contribution in [0.1, 0.15) is 29.2 Å². The lowest BCUT2D eigenvalue weighted by molar-refractivity contribution is 0.0632. The monoisotopic (exact) mass is 292 g/mol. The van der Waals surface area contributed by atoms with E-state index < -0.39 is 6.10 Å². The molecule has 0 spiro atoms. The summed E-state index contributed by atoms with van der Waals surface area (Å²) in [5, 5.41) is 10.7. The van der Waals surface area contributed by atoms with Crippen molar-refractivity contribution in [1.82, 2.24) is 9.80 Å². The van der Waals surface area contributed by atoms with Crippen molar-refractivity contribution < 1.29 is 9.84 Å². The number of rotatable bonds is 4. The van der Waals surface area contributed by atoms with E-state index in [9.17, 15) is 5.11 Å². The van der Waals surface area contributed by atoms with Crippen LogP contribution in [0, 0.1) is 13.8 Å². The first-order valence-electron chi connectivity index (χ1n) is 7.64. The van der Waals surface area contributed by atoms with Crippen LogP contribution < -0.4 is 4.74 Å². The van der Waals surface area contributed by atoms with Gasteiger partial charge in [-0.1, -0.05) is 0 Å². The molecule has 1 saturated heterocycles. The third kappa shape index (κ3) is 3.76. The molecule has 0 radical (unpaired) electrons. The molecular weight excluding hydrogens is 264 g/mol. The average molecular weight is 292 g/mol. The van der Waals surface area contributed by atoms with E-state index in [4.69, 9.17) is 4.74 Å². The van der Waals surface area contributed by atoms with E-state index >= 15 is 0 Å². The van der Waals surface area contributed by atoms with Crippen LogP contribution in [0.4, 0.5) is 0 Å². The number of nitrogens with zero attached hydrogens (tertiary/aromatic N) is 2. The summed E-state index contributed by atoms with van der Waals surface area (Å²) in [6.07, 6.45) is 0.349. The van der Waals surface area contributed by atoms with Gasteiger partial charge in [-0.3, -0.25) is 0 Å². The van der Waals surface area contributed by atoms with E-state index in [2.05, 4.69) is 30.0 Å². The maximum atomic E-state index is 10.7. The van der Waals surface area contributed by atoms with Gasteiger partial charge in [-0.05, 0) is 63.2 Å². The summed E-state index contributed by atoms with van der Waals surface area (Å²) < 4.78 is 5.35. The number of aliphatic hydroxyl groups is 1. The number of hydrogen-bond acceptors (Lipinski definition) is 4. The van der Waals surface area contributed by atoms with Crippen LogP contribution in [-0.4, -0.2) is 61.8 Å². The second kappa shape index (κ2) is 6.77. The molecule has 1 aromatic carbocycles. The van der Waals surface area contributed by atoms with Crippen LogP contribution >= 0.6 is 0 Å². The van der Waals surface area contributed by atoms with Gasteiger partial charge in [-0.25, -0.2) is 0 Å². The van der Waals surface area contributed by atoms with Crippen molar-refractivity contribution in [3.63, 3.8) is 0 Å². The minimum atomic E-state index is -0.423. The summed E-state index contributed by atoms with van der Waals surface area (Å²) in [6, 6.07) is 4.48. The smallest absolute Gasteiger partial charge is 0.122 e. The van der Waals surface area contributed by atoms with Gasteiger partial charge in [0.15, 0.2) is 0 Å². The maximum Gasteiger partial charge on any atom is 0.122 e. The highest BCUT2D eigenvalue weighted by atomic mass is 16.5. The van der Waals surface area contributed by atoms with Gasteiger partial charge in [0.25, 0.3) is 0 Å². The normalized spacial score (nSPS) is 22.3. The Kier molecular flexibility index (Phi) is 5.25. The van der Waals surface area contributed by atoms with E-state index in [1.807, 2.05) is 19.9 Å². The van der Waals surface area contributed by atoms with Gasteiger partial charge in [-0.2, -0.15) is 0 Å². The minimum Gasteiger partial charge on any atom is -0.496 e. The molecule has 0 saturated carbocycles. The summed E-state index contributed by atoms with van der Waals surface area (Å²) in [4.78, 5) is 4.69. The molecule has 4 nitrogen and oxygen atoms in total. The molecule has 0 amide bonds. The van der Waals surface area contributed by atoms with E-state index in [0.29, 0.717) is 6.04 Å². The fraction of sp³-hybridized carbons (Fsp3) is 0.647. The Morgan fingerprint density at radius 3 is 2.62 bits per heavy atom. The fourth-order valence-corrected chi connectivity index (χ4v) is 3.13. The molecule has 118 valence electrons. The lowest BCUT2D eigenvalue weighted by Gasteiger charge is -2.38. The predicted octanol–water partition coefficient (Wildman–Crippen LogP) is 1.98. The van der Waals surface area contributed by atoms with E-state index in [-0.39, 0.29) is 0 Å². The van der Waals surface area contributed by atoms with Crippen LogP contribution in [0.2, 0.25) is 0 Å². The molecule has 1 aromatic rings. The quantitative estimate of drug-likeness (QED) is 0.920. The number of piperazine rings is 1. The molecule has 2 rings (SSSR count). The van der Waals surface area contributed by atoms with Gasteiger partial charge in [0.05, 0.1) is 13.2 Å². The van der Waals surface area contributed by atoms with E-state index in [0.717, 1.165) is 48.5 Å². The Balaban J connectivity index is 2.12. The minimum absolute atomic E-state index is 0.403. The van der Waals surface area contributed by atoms with Gasteiger partial charge < -0.3 is 19.6 Å². The largest absolute Gasteiger partial charge is 0.496 e. The summed E-state index contributed by atoms with van der Waals surface area (Å²) in [5.41, 5.74) is 3.19. The molecule has 1 fully saturated rings. The Hall–Kier alpha value is -1.10. The van der Waals surface area contributed by atoms with Crippen molar-refractivity contribution in [3.05, 3.63) is 28.8 Å². The maximum absolute atomic E-state index is 10.7. The summed E-state index contributed by atoms with van der Waals surface area (Å²) in [5.74, 6) is 0.887. The zero-order valence-corrected chi connectivity index (χ0v) is 13.9. The number of benzene rings is 1. The SMILES string of the molecule is COc1cc(C)c(C(O)CC2CN(C)CCN2C)cc1C. The lowest BCUT2D eigenvalue weighted by atomic mass is 9.94. The average Bonchev–Trinajstić information content (AvgIpc) is 2.44. The molecule has 0 bridgehead atoms. The second-order valence-electron chi connectivity index (χ2n) is 6.33. The zero-order valence-electron chi connectivity index (χ0n) is 13.9. The summed E-state index contributed by atoms with van der Waals surface area (Å²) >= 11 is 0. The van der Waals surface area contributed by atoms with Crippen LogP contribution in [0.15, 0.2) is 12.1 Å². The first-order valence-corrected chi connectivity index (χ1v) is 7.64. The summed E-state index contributed by atoms with van der Waals surface area (Å²) in [6.45, 7) is 7.24. The number of methoxy groups -OCH3 is 1. The predicted molar refractivity (Wildman–Crippen MR) is 86.0 cm³/mol. The van der Waals surface area contributed by atoms with Gasteiger partial charge in [0.2, 0.25) is 0 Å². The van der Waals surface area contributed by atoms with Crippen LogP contribution in [0.25, 0.3) is 0 Å². The standard InChI is InChI=1S/C17H28N2O2/c1-12-9-17(21-5)13(2)8-15(12)16(20)10-14-11-18(3)6-7-19(14)4/h8-9,14,16,20H,6-7,10-11H2,1-5H3. The van der Waals surface area contributed by atoms with Crippen molar-refractivity contribution in [3.8, 4) is 5.75 Å². The van der Waals surface area contributed by atoms with Crippen LogP contribution in [0.5, 0.6) is 5.75 Å². The second-order valence-corrected chi connectivity index (χ2v) is 6.33. The highest BCUT2D eigenvalue weighted by Crippen LogP contribution is 2.29. The molecule has 1 aliphatic rings. The molecule has 2 atom stereocenters. The Labute approximate surface area is 128 Å². The number of aliphatic hydroxyl groups excluding tert-OH is 1. The topological polar surface area (TPSA) is 35.9 Å². The Morgan fingerprint density at radius 1 is 1.24 bits per heavy atom. The Bertz CT molecular complexity index is 490. The van der Waals surface area contributed by atoms with Crippen molar-refractivity contribution in [2.24, 2.45) is 0 Å². The zero-order chi connectivity index (χ0) is 15.6. The number of likely N-dealkylation sites (N-methyl/N-ethyl adjacent to an activating group) is 2. The third-order valence-corrected chi connectivity index (χ3v) is 4.62. The van der Waals surface area contributed by atoms with Crippen molar-refractivity contribution in [2.45, 2.75) is 32.4 Å². The van der Waals surface area contributed by atoms with E-state index in [1.165, 1.54) is 0 Å². The van der Waals surface area contributed by atoms with Crippen molar-refractivity contribution >= 4 is 0 Å². The first kappa shape index (κ1) is 16.3. The fourth-order valence-electron chi connectivity index (χ4n) is 3.13. The third-order valence-electron chi connectivity index (χ3n) is 4.62. The molecule has 4 heteroatoms. The van der Waals surface area contributed by atoms with Gasteiger partial charge in [0, 0.05) is 25.7 Å². The molecule has 2 unspecified atom stereocenters. The molecule has 1 heterocycles. The van der Waals surface area contributed by atoms with E-state index in [1.54, 1.807) is 7.11 Å². The Morgan fingerprint density at radius 2 is 1.95 bits per heavy atom. The van der Waals surface area contributed by atoms with Crippen molar-refractivity contribution in [2.75, 3.05) is 40.8 Å². The van der Waals surface area contributed by atoms with Gasteiger partial charge >= 0.3 is 0 Å². The first-order chi connectivity index (χ1) is 9.92. The van der Waals surface area contributed by atoms with Crippen LogP contribution in [-0.2, 0) is 0 Å². The molecule has 1 aliphatic heterocycles. The highest BCUT2D eigenvalue weighted by Gasteiger charge is 2.26. The number of hydrogen-bond donors (Lipinski definition) is 1. The molecular formula is C17H28N2O2. The molecule has 21 heavy (non-hydrogen) atoms. The van der Waals surface area contributed by atoms with Gasteiger partial charge in [-0.15, -0.1) is 0 Å².